The van der Waals surface area contributed by atoms with E-state index >= 15 is 0 Å². The molecule has 0 aliphatic carbocycles. The predicted molar refractivity (Wildman–Crippen MR) is 55.9 cm³/mol. The first kappa shape index (κ1) is 10.7. The van der Waals surface area contributed by atoms with Gasteiger partial charge in [0.05, 0.1) is 6.54 Å². The first-order valence-electron chi connectivity index (χ1n) is 4.52. The van der Waals surface area contributed by atoms with Crippen molar-refractivity contribution in [3.8, 4) is 0 Å². The van der Waals surface area contributed by atoms with Crippen LogP contribution in [0.3, 0.4) is 0 Å². The first-order valence-corrected chi connectivity index (χ1v) is 4.89. The van der Waals surface area contributed by atoms with Crippen LogP contribution in [0.2, 0.25) is 5.22 Å². The van der Waals surface area contributed by atoms with Gasteiger partial charge in [-0.3, -0.25) is 9.89 Å². The van der Waals surface area contributed by atoms with Crippen LogP contribution in [0.15, 0.2) is 22.9 Å². The molecule has 0 radical (unpaired) electrons. The molecule has 0 atom stereocenters. The number of carbonyl (C=O) groups excluding carboxylic acids is 1. The normalized spacial score (nSPS) is 10.4. The van der Waals surface area contributed by atoms with Gasteiger partial charge in [-0.25, -0.2) is 4.98 Å². The number of hydrogen-bond donors (Lipinski definition) is 1. The molecule has 1 N–H and O–H groups in total. The number of hydrogen-bond acceptors (Lipinski definition) is 4. The van der Waals surface area contributed by atoms with Crippen molar-refractivity contribution in [1.82, 2.24) is 20.1 Å². The van der Waals surface area contributed by atoms with Gasteiger partial charge in [-0.2, -0.15) is 5.10 Å². The van der Waals surface area contributed by atoms with Crippen molar-refractivity contribution in [3.05, 3.63) is 35.3 Å². The van der Waals surface area contributed by atoms with Gasteiger partial charge in [-0.15, -0.1) is 0 Å². The van der Waals surface area contributed by atoms with E-state index in [1.165, 1.54) is 23.4 Å². The number of H-pyrrole nitrogens is 1. The van der Waals surface area contributed by atoms with Crippen molar-refractivity contribution in [1.29, 1.82) is 0 Å². The van der Waals surface area contributed by atoms with Crippen LogP contribution < -0.4 is 0 Å². The van der Waals surface area contributed by atoms with Crippen LogP contribution in [0.4, 0.5) is 0 Å². The molecule has 0 bridgehead atoms. The minimum Gasteiger partial charge on any atom is -0.440 e. The summed E-state index contributed by atoms with van der Waals surface area (Å²) in [5.41, 5.74) is 0. The molecule has 0 fully saturated rings. The molecule has 2 heterocycles. The minimum atomic E-state index is -0.261. The summed E-state index contributed by atoms with van der Waals surface area (Å²) in [5.74, 6) is 0.545. The van der Waals surface area contributed by atoms with E-state index in [-0.39, 0.29) is 16.9 Å². The van der Waals surface area contributed by atoms with E-state index < -0.39 is 0 Å². The maximum atomic E-state index is 11.8. The van der Waals surface area contributed by atoms with Gasteiger partial charge in [-0.1, -0.05) is 0 Å². The lowest BCUT2D eigenvalue weighted by atomic mass is 10.4. The summed E-state index contributed by atoms with van der Waals surface area (Å²) in [5, 5.41) is 6.55. The Labute approximate surface area is 96.2 Å². The van der Waals surface area contributed by atoms with Crippen LogP contribution in [0.5, 0.6) is 0 Å². The van der Waals surface area contributed by atoms with Gasteiger partial charge in [0, 0.05) is 7.05 Å². The second-order valence-corrected chi connectivity index (χ2v) is 3.57. The van der Waals surface area contributed by atoms with Gasteiger partial charge in [-0.05, 0) is 23.7 Å². The molecule has 6 nitrogen and oxygen atoms in total. The lowest BCUT2D eigenvalue weighted by Crippen LogP contribution is -2.26. The van der Waals surface area contributed by atoms with Crippen molar-refractivity contribution in [2.75, 3.05) is 7.05 Å². The Morgan fingerprint density at radius 1 is 1.62 bits per heavy atom. The van der Waals surface area contributed by atoms with E-state index in [2.05, 4.69) is 15.2 Å². The Balaban J connectivity index is 2.05. The minimum absolute atomic E-state index is 0.191. The maximum Gasteiger partial charge on any atom is 0.289 e. The first-order chi connectivity index (χ1) is 7.66. The predicted octanol–water partition coefficient (Wildman–Crippen LogP) is 1.32. The van der Waals surface area contributed by atoms with Gasteiger partial charge in [0.1, 0.15) is 12.2 Å². The van der Waals surface area contributed by atoms with Crippen LogP contribution >= 0.6 is 11.6 Å². The maximum absolute atomic E-state index is 11.8. The fourth-order valence-electron chi connectivity index (χ4n) is 1.22. The van der Waals surface area contributed by atoms with Gasteiger partial charge in [0.2, 0.25) is 0 Å². The second kappa shape index (κ2) is 4.36. The topological polar surface area (TPSA) is 75.0 Å². The lowest BCUT2D eigenvalue weighted by molar-refractivity contribution is 0.0750. The summed E-state index contributed by atoms with van der Waals surface area (Å²) in [6.07, 6.45) is 1.39. The highest BCUT2D eigenvalue weighted by molar-refractivity contribution is 6.29. The summed E-state index contributed by atoms with van der Waals surface area (Å²) < 4.78 is 5.01. The Kier molecular flexibility index (Phi) is 2.91. The van der Waals surface area contributed by atoms with Gasteiger partial charge in [0.15, 0.2) is 11.0 Å². The van der Waals surface area contributed by atoms with Crippen LogP contribution in [-0.4, -0.2) is 33.0 Å². The third-order valence-electron chi connectivity index (χ3n) is 1.98. The van der Waals surface area contributed by atoms with Gasteiger partial charge >= 0.3 is 0 Å². The molecule has 0 saturated heterocycles. The number of aromatic amines is 1. The molecule has 0 unspecified atom stereocenters. The zero-order valence-corrected chi connectivity index (χ0v) is 9.23. The highest BCUT2D eigenvalue weighted by Gasteiger charge is 2.16. The van der Waals surface area contributed by atoms with Crippen molar-refractivity contribution in [2.24, 2.45) is 0 Å². The van der Waals surface area contributed by atoms with E-state index in [0.717, 1.165) is 0 Å². The Bertz CT molecular complexity index is 479. The summed E-state index contributed by atoms with van der Waals surface area (Å²) in [7, 11) is 1.64. The third-order valence-corrected chi connectivity index (χ3v) is 2.19. The summed E-state index contributed by atoms with van der Waals surface area (Å²) in [6.45, 7) is 0.331. The van der Waals surface area contributed by atoms with Crippen LogP contribution in [0, 0.1) is 0 Å². The number of halogens is 1. The summed E-state index contributed by atoms with van der Waals surface area (Å²) >= 11 is 5.59. The zero-order valence-electron chi connectivity index (χ0n) is 8.48. The SMILES string of the molecule is CN(Cc1ncn[nH]1)C(=O)c1ccc(Cl)o1. The summed E-state index contributed by atoms with van der Waals surface area (Å²) in [4.78, 5) is 17.2. The molecule has 2 aromatic rings. The number of carbonyl (C=O) groups is 1. The smallest absolute Gasteiger partial charge is 0.289 e. The summed E-state index contributed by atoms with van der Waals surface area (Å²) in [6, 6.07) is 3.05. The molecule has 16 heavy (non-hydrogen) atoms. The zero-order chi connectivity index (χ0) is 11.5. The molecule has 0 aliphatic rings. The highest BCUT2D eigenvalue weighted by atomic mass is 35.5. The number of rotatable bonds is 3. The molecular weight excluding hydrogens is 232 g/mol. The van der Waals surface area contributed by atoms with E-state index in [0.29, 0.717) is 12.4 Å². The molecule has 0 aliphatic heterocycles. The average molecular weight is 241 g/mol. The van der Waals surface area contributed by atoms with Crippen LogP contribution in [0.25, 0.3) is 0 Å². The molecule has 2 rings (SSSR count). The molecule has 7 heteroatoms. The standard InChI is InChI=1S/C9H9ClN4O2/c1-14(4-8-11-5-12-13-8)9(15)6-2-3-7(10)16-6/h2-3,5H,4H2,1H3,(H,11,12,13). The fraction of sp³-hybridized carbons (Fsp3) is 0.222. The third kappa shape index (κ3) is 2.22. The average Bonchev–Trinajstić information content (AvgIpc) is 2.88. The second-order valence-electron chi connectivity index (χ2n) is 3.20. The Morgan fingerprint density at radius 2 is 2.44 bits per heavy atom. The van der Waals surface area contributed by atoms with Gasteiger partial charge in [0.25, 0.3) is 5.91 Å². The van der Waals surface area contributed by atoms with E-state index in [1.807, 2.05) is 0 Å². The molecule has 0 spiro atoms. The number of aromatic nitrogens is 3. The monoisotopic (exact) mass is 240 g/mol. The largest absolute Gasteiger partial charge is 0.440 e. The molecular formula is C9H9ClN4O2. The molecule has 84 valence electrons. The number of furan rings is 1. The highest BCUT2D eigenvalue weighted by Crippen LogP contribution is 2.14. The van der Waals surface area contributed by atoms with E-state index in [4.69, 9.17) is 16.0 Å². The molecule has 0 saturated carbocycles. The van der Waals surface area contributed by atoms with Crippen molar-refractivity contribution in [3.63, 3.8) is 0 Å². The number of nitrogens with one attached hydrogen (secondary N) is 1. The fourth-order valence-corrected chi connectivity index (χ4v) is 1.37. The Morgan fingerprint density at radius 3 is 3.00 bits per heavy atom. The molecule has 1 amide bonds. The number of amides is 1. The van der Waals surface area contributed by atoms with Crippen LogP contribution in [-0.2, 0) is 6.54 Å². The lowest BCUT2D eigenvalue weighted by Gasteiger charge is -2.13. The molecule has 2 aromatic heterocycles. The number of nitrogens with zero attached hydrogens (tertiary/aromatic N) is 3. The quantitative estimate of drug-likeness (QED) is 0.878. The van der Waals surface area contributed by atoms with E-state index in [1.54, 1.807) is 7.05 Å². The Hall–Kier alpha value is -1.82. The van der Waals surface area contributed by atoms with Gasteiger partial charge < -0.3 is 9.32 Å². The molecule has 0 aromatic carbocycles. The van der Waals surface area contributed by atoms with Crippen molar-refractivity contribution >= 4 is 17.5 Å². The van der Waals surface area contributed by atoms with E-state index in [9.17, 15) is 4.79 Å². The van der Waals surface area contributed by atoms with Crippen molar-refractivity contribution < 1.29 is 9.21 Å². The van der Waals surface area contributed by atoms with Crippen molar-refractivity contribution in [2.45, 2.75) is 6.54 Å². The van der Waals surface area contributed by atoms with Crippen LogP contribution in [0.1, 0.15) is 16.4 Å².